The lowest BCUT2D eigenvalue weighted by Crippen LogP contribution is -2.31. The first kappa shape index (κ1) is 24.8. The molecule has 0 bridgehead atoms. The maximum atomic E-state index is 12.9. The third-order valence-electron chi connectivity index (χ3n) is 5.20. The summed E-state index contributed by atoms with van der Waals surface area (Å²) < 4.78 is 5.09. The number of nitrogens with zero attached hydrogens (tertiary/aromatic N) is 1. The normalized spacial score (nSPS) is 15.4. The molecule has 1 aliphatic rings. The molecule has 7 nitrogen and oxygen atoms in total. The topological polar surface area (TPSA) is 107 Å². The number of ether oxygens (including phenoxy) is 1. The van der Waals surface area contributed by atoms with Crippen LogP contribution in [0.3, 0.4) is 0 Å². The predicted molar refractivity (Wildman–Crippen MR) is 135 cm³/mol. The smallest absolute Gasteiger partial charge is 0.338 e. The number of benzene rings is 3. The van der Waals surface area contributed by atoms with E-state index in [1.807, 2.05) is 0 Å². The lowest BCUT2D eigenvalue weighted by atomic mass is 10.1. The van der Waals surface area contributed by atoms with Gasteiger partial charge in [-0.05, 0) is 66.7 Å². The first-order chi connectivity index (χ1) is 16.7. The number of amides is 2. The van der Waals surface area contributed by atoms with Crippen LogP contribution in [0.25, 0.3) is 0 Å². The highest BCUT2D eigenvalue weighted by Crippen LogP contribution is 2.34. The minimum absolute atomic E-state index is 0.0640. The Morgan fingerprint density at radius 2 is 1.60 bits per heavy atom. The number of Topliss-reactive ketones (excluding diaryl/α,β-unsaturated/α-hetero) is 1. The third-order valence-corrected chi connectivity index (χ3v) is 7.14. The van der Waals surface area contributed by atoms with Gasteiger partial charge in [-0.15, -0.1) is 11.8 Å². The van der Waals surface area contributed by atoms with E-state index in [-0.39, 0.29) is 34.4 Å². The number of halogens is 2. The van der Waals surface area contributed by atoms with E-state index in [2.05, 4.69) is 0 Å². The standard InChI is InChI=1S/C25H18Cl2N2O5S/c26-19-10-3-15(11-20(19)27)21(30)13-34-25(33)14-1-6-17(7-2-14)29-23(31)12-22(24(29)32)35-18-8-4-16(28)5-9-18/h1-11,22H,12-13,28H2. The molecule has 178 valence electrons. The molecule has 0 radical (unpaired) electrons. The number of imide groups is 1. The van der Waals surface area contributed by atoms with Gasteiger partial charge in [0.15, 0.2) is 12.4 Å². The molecular formula is C25H18Cl2N2O5S. The predicted octanol–water partition coefficient (Wildman–Crippen LogP) is 5.04. The fourth-order valence-electron chi connectivity index (χ4n) is 3.39. The summed E-state index contributed by atoms with van der Waals surface area (Å²) in [5.41, 5.74) is 7.09. The number of thioether (sulfide) groups is 1. The first-order valence-corrected chi connectivity index (χ1v) is 12.0. The maximum absolute atomic E-state index is 12.9. The van der Waals surface area contributed by atoms with Crippen LogP contribution in [-0.4, -0.2) is 35.4 Å². The van der Waals surface area contributed by atoms with Gasteiger partial charge in [0.1, 0.15) is 0 Å². The SMILES string of the molecule is Nc1ccc(SC2CC(=O)N(c3ccc(C(=O)OCC(=O)c4ccc(Cl)c(Cl)c4)cc3)C2=O)cc1. The van der Waals surface area contributed by atoms with Gasteiger partial charge in [-0.25, -0.2) is 9.69 Å². The highest BCUT2D eigenvalue weighted by molar-refractivity contribution is 8.00. The Kier molecular flexibility index (Phi) is 7.45. The van der Waals surface area contributed by atoms with Crippen LogP contribution in [0.1, 0.15) is 27.1 Å². The number of carbonyl (C=O) groups is 4. The fourth-order valence-corrected chi connectivity index (χ4v) is 4.74. The van der Waals surface area contributed by atoms with Crippen molar-refractivity contribution in [3.8, 4) is 0 Å². The van der Waals surface area contributed by atoms with Crippen molar-refractivity contribution in [2.75, 3.05) is 17.2 Å². The van der Waals surface area contributed by atoms with Crippen LogP contribution in [-0.2, 0) is 14.3 Å². The van der Waals surface area contributed by atoms with E-state index in [1.165, 1.54) is 54.2 Å². The second-order valence-electron chi connectivity index (χ2n) is 7.62. The molecule has 1 fully saturated rings. The summed E-state index contributed by atoms with van der Waals surface area (Å²) in [6.45, 7) is -0.480. The van der Waals surface area contributed by atoms with E-state index in [0.29, 0.717) is 16.4 Å². The summed E-state index contributed by atoms with van der Waals surface area (Å²) in [5, 5.41) is -0.0203. The Bertz CT molecular complexity index is 1310. The van der Waals surface area contributed by atoms with Crippen molar-refractivity contribution < 1.29 is 23.9 Å². The van der Waals surface area contributed by atoms with Crippen molar-refractivity contribution in [3.05, 3.63) is 87.9 Å². The average Bonchev–Trinajstić information content (AvgIpc) is 3.13. The molecule has 2 amide bonds. The highest BCUT2D eigenvalue weighted by atomic mass is 35.5. The number of nitrogens with two attached hydrogens (primary N) is 1. The van der Waals surface area contributed by atoms with E-state index in [0.717, 1.165) is 9.80 Å². The zero-order valence-electron chi connectivity index (χ0n) is 18.1. The zero-order valence-corrected chi connectivity index (χ0v) is 20.4. The van der Waals surface area contributed by atoms with Crippen LogP contribution >= 0.6 is 35.0 Å². The van der Waals surface area contributed by atoms with Gasteiger partial charge in [-0.1, -0.05) is 23.2 Å². The van der Waals surface area contributed by atoms with Crippen molar-refractivity contribution in [1.29, 1.82) is 0 Å². The summed E-state index contributed by atoms with van der Waals surface area (Å²) in [4.78, 5) is 52.0. The maximum Gasteiger partial charge on any atom is 0.338 e. The van der Waals surface area contributed by atoms with Gasteiger partial charge in [0.2, 0.25) is 11.8 Å². The number of hydrogen-bond donors (Lipinski definition) is 1. The molecule has 2 N–H and O–H groups in total. The number of rotatable bonds is 7. The molecule has 4 rings (SSSR count). The number of carbonyl (C=O) groups excluding carboxylic acids is 4. The Hall–Kier alpha value is -3.33. The Morgan fingerprint density at radius 3 is 2.26 bits per heavy atom. The summed E-state index contributed by atoms with van der Waals surface area (Å²) >= 11 is 13.0. The molecule has 1 heterocycles. The Morgan fingerprint density at radius 1 is 0.943 bits per heavy atom. The van der Waals surface area contributed by atoms with E-state index >= 15 is 0 Å². The number of hydrogen-bond acceptors (Lipinski definition) is 7. The number of anilines is 2. The van der Waals surface area contributed by atoms with E-state index in [1.54, 1.807) is 24.3 Å². The summed E-state index contributed by atoms with van der Waals surface area (Å²) in [7, 11) is 0. The molecule has 1 saturated heterocycles. The first-order valence-electron chi connectivity index (χ1n) is 10.4. The van der Waals surface area contributed by atoms with Crippen molar-refractivity contribution in [3.63, 3.8) is 0 Å². The molecule has 1 unspecified atom stereocenters. The average molecular weight is 529 g/mol. The molecular weight excluding hydrogens is 511 g/mol. The number of nitrogen functional groups attached to an aromatic ring is 1. The van der Waals surface area contributed by atoms with Gasteiger partial charge >= 0.3 is 5.97 Å². The Balaban J connectivity index is 1.37. The molecule has 0 saturated carbocycles. The second-order valence-corrected chi connectivity index (χ2v) is 9.71. The highest BCUT2D eigenvalue weighted by Gasteiger charge is 2.40. The summed E-state index contributed by atoms with van der Waals surface area (Å²) in [5.74, 6) is -1.82. The van der Waals surface area contributed by atoms with Crippen LogP contribution in [0, 0.1) is 0 Å². The van der Waals surface area contributed by atoms with E-state index in [9.17, 15) is 19.2 Å². The van der Waals surface area contributed by atoms with Crippen molar-refractivity contribution in [2.45, 2.75) is 16.6 Å². The van der Waals surface area contributed by atoms with Crippen LogP contribution in [0.4, 0.5) is 11.4 Å². The molecule has 0 spiro atoms. The zero-order chi connectivity index (χ0) is 25.1. The fraction of sp³-hybridized carbons (Fsp3) is 0.120. The molecule has 0 aliphatic carbocycles. The molecule has 0 aromatic heterocycles. The van der Waals surface area contributed by atoms with Gasteiger partial charge in [0.05, 0.1) is 26.5 Å². The summed E-state index contributed by atoms with van der Waals surface area (Å²) in [6.07, 6.45) is 0.0640. The largest absolute Gasteiger partial charge is 0.454 e. The quantitative estimate of drug-likeness (QED) is 0.198. The molecule has 3 aromatic rings. The monoisotopic (exact) mass is 528 g/mol. The lowest BCUT2D eigenvalue weighted by Gasteiger charge is -2.15. The van der Waals surface area contributed by atoms with Crippen molar-refractivity contribution in [2.24, 2.45) is 0 Å². The van der Waals surface area contributed by atoms with E-state index in [4.69, 9.17) is 33.7 Å². The van der Waals surface area contributed by atoms with Crippen LogP contribution in [0.15, 0.2) is 71.6 Å². The van der Waals surface area contributed by atoms with Gasteiger partial charge in [-0.2, -0.15) is 0 Å². The number of ketones is 1. The van der Waals surface area contributed by atoms with Crippen LogP contribution < -0.4 is 10.6 Å². The minimum atomic E-state index is -0.721. The van der Waals surface area contributed by atoms with Gasteiger partial charge in [-0.3, -0.25) is 14.4 Å². The Labute approximate surface area is 215 Å². The molecule has 3 aromatic carbocycles. The summed E-state index contributed by atoms with van der Waals surface area (Å²) in [6, 6.07) is 17.3. The van der Waals surface area contributed by atoms with Gasteiger partial charge in [0, 0.05) is 22.6 Å². The van der Waals surface area contributed by atoms with Crippen LogP contribution in [0.2, 0.25) is 10.0 Å². The molecule has 1 aliphatic heterocycles. The lowest BCUT2D eigenvalue weighted by molar-refractivity contribution is -0.121. The molecule has 35 heavy (non-hydrogen) atoms. The molecule has 10 heteroatoms. The van der Waals surface area contributed by atoms with E-state index < -0.39 is 23.6 Å². The second kappa shape index (κ2) is 10.5. The molecule has 1 atom stereocenters. The third kappa shape index (κ3) is 5.67. The van der Waals surface area contributed by atoms with Crippen molar-refractivity contribution in [1.82, 2.24) is 0 Å². The van der Waals surface area contributed by atoms with Crippen LogP contribution in [0.5, 0.6) is 0 Å². The number of esters is 1. The minimum Gasteiger partial charge on any atom is -0.454 e. The van der Waals surface area contributed by atoms with Gasteiger partial charge in [0.25, 0.3) is 0 Å². The van der Waals surface area contributed by atoms with Crippen molar-refractivity contribution >= 4 is 69.9 Å². The van der Waals surface area contributed by atoms with Gasteiger partial charge < -0.3 is 10.5 Å².